The molecule has 1 aromatic rings. The third-order valence-corrected chi connectivity index (χ3v) is 5.64. The molecule has 1 aromatic heterocycles. The van der Waals surface area contributed by atoms with Gasteiger partial charge in [0.25, 0.3) is 12.9 Å². The Balaban J connectivity index is 0.000000582. The lowest BCUT2D eigenvalue weighted by Gasteiger charge is -2.43. The number of rotatable bonds is 6. The van der Waals surface area contributed by atoms with E-state index in [1.54, 1.807) is 0 Å². The maximum Gasteiger partial charge on any atom is 0.290 e. The Labute approximate surface area is 167 Å². The van der Waals surface area contributed by atoms with Crippen LogP contribution in [0.15, 0.2) is 6.20 Å². The number of imidazole rings is 1. The molecule has 1 aliphatic heterocycles. The molecule has 0 radical (unpaired) electrons. The summed E-state index contributed by atoms with van der Waals surface area (Å²) in [4.78, 5) is 27.4. The highest BCUT2D eigenvalue weighted by Crippen LogP contribution is 2.46. The van der Waals surface area contributed by atoms with Crippen molar-refractivity contribution in [2.24, 2.45) is 5.41 Å². The number of hydrogen-bond donors (Lipinski definition) is 3. The molecule has 2 atom stereocenters. The predicted octanol–water partition coefficient (Wildman–Crippen LogP) is 2.94. The Morgan fingerprint density at radius 1 is 1.32 bits per heavy atom. The van der Waals surface area contributed by atoms with Gasteiger partial charge in [0.15, 0.2) is 0 Å². The molecular weight excluding hydrogens is 362 g/mol. The Morgan fingerprint density at radius 3 is 2.64 bits per heavy atom. The van der Waals surface area contributed by atoms with Gasteiger partial charge in [0.05, 0.1) is 6.10 Å². The van der Waals surface area contributed by atoms with Crippen LogP contribution in [0.25, 0.3) is 0 Å². The molecule has 3 N–H and O–H groups in total. The summed E-state index contributed by atoms with van der Waals surface area (Å²) in [6.45, 7) is 5.14. The van der Waals surface area contributed by atoms with Gasteiger partial charge < -0.3 is 19.9 Å². The molecule has 2 aliphatic rings. The Morgan fingerprint density at radius 2 is 2.00 bits per heavy atom. The normalized spacial score (nSPS) is 24.0. The summed E-state index contributed by atoms with van der Waals surface area (Å²) in [7, 11) is 1.89. The molecule has 0 bridgehead atoms. The molecule has 1 aliphatic carbocycles. The van der Waals surface area contributed by atoms with Crippen molar-refractivity contribution in [3.05, 3.63) is 17.7 Å². The topological polar surface area (TPSA) is 116 Å². The number of aromatic amines is 1. The van der Waals surface area contributed by atoms with E-state index in [4.69, 9.17) is 24.5 Å². The van der Waals surface area contributed by atoms with Crippen molar-refractivity contribution in [3.8, 4) is 0 Å². The fourth-order valence-electron chi connectivity index (χ4n) is 4.53. The fourth-order valence-corrected chi connectivity index (χ4v) is 4.53. The van der Waals surface area contributed by atoms with Crippen LogP contribution in [0.1, 0.15) is 63.4 Å². The van der Waals surface area contributed by atoms with Gasteiger partial charge >= 0.3 is 0 Å². The number of likely N-dealkylation sites (tertiary alicyclic amines) is 1. The van der Waals surface area contributed by atoms with Gasteiger partial charge in [-0.15, -0.1) is 0 Å². The zero-order valence-corrected chi connectivity index (χ0v) is 17.1. The summed E-state index contributed by atoms with van der Waals surface area (Å²) >= 11 is 0. The molecule has 1 spiro atoms. The number of nitrogens with one attached hydrogen (secondary N) is 1. The van der Waals surface area contributed by atoms with Crippen molar-refractivity contribution in [1.29, 1.82) is 0 Å². The maximum absolute atomic E-state index is 8.36. The molecule has 2 fully saturated rings. The predicted molar refractivity (Wildman–Crippen MR) is 106 cm³/mol. The number of hydrogen-bond acceptors (Lipinski definition) is 5. The van der Waals surface area contributed by atoms with E-state index in [0.717, 1.165) is 18.8 Å². The van der Waals surface area contributed by atoms with Crippen LogP contribution in [-0.2, 0) is 27.3 Å². The van der Waals surface area contributed by atoms with Crippen LogP contribution in [0.4, 0.5) is 0 Å². The van der Waals surface area contributed by atoms with Crippen molar-refractivity contribution < 1.29 is 24.5 Å². The molecule has 1 saturated carbocycles. The van der Waals surface area contributed by atoms with Gasteiger partial charge in [0.1, 0.15) is 5.82 Å². The highest BCUT2D eigenvalue weighted by atomic mass is 16.5. The molecule has 8 nitrogen and oxygen atoms in total. The third kappa shape index (κ3) is 7.24. The van der Waals surface area contributed by atoms with E-state index in [2.05, 4.69) is 21.8 Å². The number of carbonyl (C=O) groups is 2. The zero-order valence-electron chi connectivity index (χ0n) is 17.1. The summed E-state index contributed by atoms with van der Waals surface area (Å²) in [5.41, 5.74) is 1.69. The minimum atomic E-state index is -0.250. The lowest BCUT2D eigenvalue weighted by molar-refractivity contribution is -0.123. The lowest BCUT2D eigenvalue weighted by atomic mass is 9.76. The number of aryl methyl sites for hydroxylation is 1. The van der Waals surface area contributed by atoms with E-state index < -0.39 is 0 Å². The number of nitrogens with zero attached hydrogens (tertiary/aromatic N) is 2. The van der Waals surface area contributed by atoms with Crippen molar-refractivity contribution in [3.63, 3.8) is 0 Å². The minimum absolute atomic E-state index is 0.250. The van der Waals surface area contributed by atoms with Crippen LogP contribution in [0.3, 0.4) is 0 Å². The van der Waals surface area contributed by atoms with Crippen molar-refractivity contribution in [2.75, 3.05) is 20.2 Å². The van der Waals surface area contributed by atoms with Gasteiger partial charge in [-0.25, -0.2) is 4.98 Å². The summed E-state index contributed by atoms with van der Waals surface area (Å²) in [6.07, 6.45) is 12.6. The highest BCUT2D eigenvalue weighted by molar-refractivity contribution is 5.33. The number of aromatic nitrogens is 2. The molecule has 0 unspecified atom stereocenters. The maximum atomic E-state index is 8.36. The Bertz CT molecular complexity index is 560. The summed E-state index contributed by atoms with van der Waals surface area (Å²) < 4.78 is 5.80. The van der Waals surface area contributed by atoms with E-state index >= 15 is 0 Å². The second-order valence-electron chi connectivity index (χ2n) is 7.46. The number of unbranched alkanes of at least 4 members (excludes halogenated alkanes) is 1. The number of H-pyrrole nitrogens is 1. The zero-order chi connectivity index (χ0) is 20.8. The van der Waals surface area contributed by atoms with E-state index in [1.165, 1.54) is 63.7 Å². The average Bonchev–Trinajstić information content (AvgIpc) is 3.28. The molecule has 3 rings (SSSR count). The van der Waals surface area contributed by atoms with Gasteiger partial charge in [-0.2, -0.15) is 0 Å². The first-order valence-corrected chi connectivity index (χ1v) is 10.0. The molecule has 0 aromatic carbocycles. The van der Waals surface area contributed by atoms with Crippen LogP contribution in [0, 0.1) is 5.41 Å². The standard InChI is InChI=1S/C18H31N3O.2CH2O2/c1-3-4-8-17-19-12-15(20-17)13-21-11-6-10-18(14-21)9-5-7-16(18)22-2;2*2-1-3/h12,16H,3-11,13-14H2,1-2H3,(H,19,20);2*1H,(H,2,3)/t16-,18+;;/m1../s1. The van der Waals surface area contributed by atoms with Gasteiger partial charge in [0, 0.05) is 43.9 Å². The molecular formula is C20H35N3O5. The lowest BCUT2D eigenvalue weighted by Crippen LogP contribution is -2.47. The van der Waals surface area contributed by atoms with E-state index in [1.807, 2.05) is 13.3 Å². The van der Waals surface area contributed by atoms with E-state index in [0.29, 0.717) is 11.5 Å². The summed E-state index contributed by atoms with van der Waals surface area (Å²) in [5.74, 6) is 1.15. The van der Waals surface area contributed by atoms with Crippen molar-refractivity contribution in [1.82, 2.24) is 14.9 Å². The van der Waals surface area contributed by atoms with Gasteiger partial charge in [-0.3, -0.25) is 14.5 Å². The molecule has 1 saturated heterocycles. The Kier molecular flexibility index (Phi) is 11.4. The van der Waals surface area contributed by atoms with Crippen molar-refractivity contribution in [2.45, 2.75) is 70.9 Å². The van der Waals surface area contributed by atoms with Crippen LogP contribution in [0.5, 0.6) is 0 Å². The molecule has 0 amide bonds. The fraction of sp³-hybridized carbons (Fsp3) is 0.750. The first kappa shape index (κ1) is 24.1. The molecule has 160 valence electrons. The van der Waals surface area contributed by atoms with Crippen LogP contribution in [0.2, 0.25) is 0 Å². The van der Waals surface area contributed by atoms with E-state index in [-0.39, 0.29) is 12.9 Å². The van der Waals surface area contributed by atoms with Gasteiger partial charge in [0.2, 0.25) is 0 Å². The quantitative estimate of drug-likeness (QED) is 0.632. The number of piperidine rings is 1. The summed E-state index contributed by atoms with van der Waals surface area (Å²) in [5, 5.41) is 13.8. The first-order chi connectivity index (χ1) is 13.6. The number of methoxy groups -OCH3 is 1. The monoisotopic (exact) mass is 397 g/mol. The molecule has 2 heterocycles. The molecule has 28 heavy (non-hydrogen) atoms. The number of carboxylic acid groups (broad SMARTS) is 2. The summed E-state index contributed by atoms with van der Waals surface area (Å²) in [6, 6.07) is 0. The van der Waals surface area contributed by atoms with Crippen molar-refractivity contribution >= 4 is 12.9 Å². The first-order valence-electron chi connectivity index (χ1n) is 10.0. The van der Waals surface area contributed by atoms with Crippen LogP contribution in [-0.4, -0.2) is 64.3 Å². The largest absolute Gasteiger partial charge is 0.483 e. The highest BCUT2D eigenvalue weighted by Gasteiger charge is 2.45. The van der Waals surface area contributed by atoms with Crippen LogP contribution < -0.4 is 0 Å². The van der Waals surface area contributed by atoms with Gasteiger partial charge in [-0.1, -0.05) is 19.8 Å². The van der Waals surface area contributed by atoms with E-state index in [9.17, 15) is 0 Å². The second kappa shape index (κ2) is 13.3. The Hall–Kier alpha value is -1.93. The van der Waals surface area contributed by atoms with Gasteiger partial charge in [-0.05, 0) is 38.6 Å². The third-order valence-electron chi connectivity index (χ3n) is 5.64. The van der Waals surface area contributed by atoms with Crippen LogP contribution >= 0.6 is 0 Å². The minimum Gasteiger partial charge on any atom is -0.483 e. The molecule has 8 heteroatoms. The average molecular weight is 398 g/mol. The second-order valence-corrected chi connectivity index (χ2v) is 7.46. The smallest absolute Gasteiger partial charge is 0.290 e. The SMILES string of the molecule is CCCCc1ncc(CN2CCC[C@@]3(CCC[C@H]3OC)C2)[nH]1.O=CO.O=CO. The number of ether oxygens (including phenoxy) is 1.